The van der Waals surface area contributed by atoms with E-state index in [-0.39, 0.29) is 23.8 Å². The Kier molecular flexibility index (Phi) is 3.75. The zero-order valence-electron chi connectivity index (χ0n) is 12.0. The zero-order valence-corrected chi connectivity index (χ0v) is 12.0. The van der Waals surface area contributed by atoms with Crippen molar-refractivity contribution >= 4 is 22.6 Å². The van der Waals surface area contributed by atoms with Crippen LogP contribution in [0.1, 0.15) is 18.9 Å². The third kappa shape index (κ3) is 2.97. The quantitative estimate of drug-likeness (QED) is 0.789. The fraction of sp³-hybridized carbons (Fsp3) is 0.375. The molecule has 21 heavy (non-hydrogen) atoms. The van der Waals surface area contributed by atoms with Gasteiger partial charge in [0.05, 0.1) is 12.5 Å². The van der Waals surface area contributed by atoms with Crippen LogP contribution < -0.4 is 10.6 Å². The van der Waals surface area contributed by atoms with Crippen LogP contribution in [0.4, 0.5) is 0 Å². The molecule has 0 saturated carbocycles. The highest BCUT2D eigenvalue weighted by molar-refractivity contribution is 5.89. The van der Waals surface area contributed by atoms with Crippen LogP contribution in [0.5, 0.6) is 0 Å². The van der Waals surface area contributed by atoms with Gasteiger partial charge in [-0.15, -0.1) is 0 Å². The number of aromatic nitrogens is 1. The minimum Gasteiger partial charge on any atom is -0.361 e. The van der Waals surface area contributed by atoms with E-state index < -0.39 is 0 Å². The summed E-state index contributed by atoms with van der Waals surface area (Å²) in [6.07, 6.45) is 2.91. The number of Topliss-reactive ketones (excluding diaryl/α,β-unsaturated/α-hetero) is 1. The molecule has 1 amide bonds. The molecule has 3 rings (SSSR count). The van der Waals surface area contributed by atoms with Gasteiger partial charge in [0.15, 0.2) is 0 Å². The normalized spacial score (nSPS) is 21.6. The summed E-state index contributed by atoms with van der Waals surface area (Å²) in [5.41, 5.74) is 2.04. The van der Waals surface area contributed by atoms with Gasteiger partial charge in [0.25, 0.3) is 0 Å². The zero-order chi connectivity index (χ0) is 14.8. The first-order valence-electron chi connectivity index (χ1n) is 7.21. The lowest BCUT2D eigenvalue weighted by Crippen LogP contribution is -2.37. The Morgan fingerprint density at radius 3 is 2.90 bits per heavy atom. The van der Waals surface area contributed by atoms with Gasteiger partial charge in [-0.3, -0.25) is 9.59 Å². The molecule has 5 nitrogen and oxygen atoms in total. The molecule has 1 aliphatic heterocycles. The molecular formula is C16H19N3O2. The number of carbonyl (C=O) groups excluding carboxylic acids is 2. The number of rotatable bonds is 4. The highest BCUT2D eigenvalue weighted by Gasteiger charge is 2.27. The second-order valence-corrected chi connectivity index (χ2v) is 5.61. The number of nitrogens with one attached hydrogen (secondary N) is 3. The minimum atomic E-state index is -0.122. The molecule has 1 aliphatic rings. The number of amides is 1. The topological polar surface area (TPSA) is 74.0 Å². The maximum Gasteiger partial charge on any atom is 0.224 e. The molecule has 2 aromatic rings. The lowest BCUT2D eigenvalue weighted by atomic mass is 10.1. The smallest absolute Gasteiger partial charge is 0.224 e. The Labute approximate surface area is 123 Å². The average Bonchev–Trinajstić information content (AvgIpc) is 3.07. The van der Waals surface area contributed by atoms with Crippen LogP contribution in [0, 0.1) is 0 Å². The van der Waals surface area contributed by atoms with E-state index in [9.17, 15) is 9.59 Å². The molecule has 1 fully saturated rings. The van der Waals surface area contributed by atoms with Crippen molar-refractivity contribution in [3.05, 3.63) is 36.0 Å². The summed E-state index contributed by atoms with van der Waals surface area (Å²) in [6.45, 7) is 2.23. The van der Waals surface area contributed by atoms with Crippen molar-refractivity contribution in [2.45, 2.75) is 31.8 Å². The van der Waals surface area contributed by atoms with Gasteiger partial charge >= 0.3 is 0 Å². The van der Waals surface area contributed by atoms with Crippen molar-refractivity contribution in [1.29, 1.82) is 0 Å². The van der Waals surface area contributed by atoms with Gasteiger partial charge in [-0.2, -0.15) is 0 Å². The largest absolute Gasteiger partial charge is 0.361 e. The van der Waals surface area contributed by atoms with Crippen LogP contribution in [0.3, 0.4) is 0 Å². The van der Waals surface area contributed by atoms with Gasteiger partial charge in [0.1, 0.15) is 5.78 Å². The van der Waals surface area contributed by atoms with Crippen LogP contribution in [0.15, 0.2) is 30.5 Å². The Balaban J connectivity index is 1.61. The van der Waals surface area contributed by atoms with Crippen LogP contribution in [-0.4, -0.2) is 35.3 Å². The molecule has 110 valence electrons. The molecule has 1 saturated heterocycles. The van der Waals surface area contributed by atoms with Gasteiger partial charge in [-0.1, -0.05) is 18.2 Å². The molecule has 5 heteroatoms. The van der Waals surface area contributed by atoms with Crippen molar-refractivity contribution in [1.82, 2.24) is 15.6 Å². The summed E-state index contributed by atoms with van der Waals surface area (Å²) in [6, 6.07) is 7.86. The van der Waals surface area contributed by atoms with E-state index in [2.05, 4.69) is 15.6 Å². The van der Waals surface area contributed by atoms with Crippen molar-refractivity contribution < 1.29 is 9.59 Å². The van der Waals surface area contributed by atoms with E-state index in [1.165, 1.54) is 0 Å². The number of carbonyl (C=O) groups is 2. The Morgan fingerprint density at radius 2 is 2.14 bits per heavy atom. The van der Waals surface area contributed by atoms with Crippen LogP contribution in [0.2, 0.25) is 0 Å². The number of H-pyrrole nitrogens is 1. The number of benzene rings is 1. The monoisotopic (exact) mass is 285 g/mol. The highest BCUT2D eigenvalue weighted by atomic mass is 16.1. The summed E-state index contributed by atoms with van der Waals surface area (Å²) in [4.78, 5) is 26.6. The van der Waals surface area contributed by atoms with Gasteiger partial charge < -0.3 is 15.6 Å². The fourth-order valence-corrected chi connectivity index (χ4v) is 2.88. The van der Waals surface area contributed by atoms with Gasteiger partial charge in [0.2, 0.25) is 5.91 Å². The Bertz CT molecular complexity index is 677. The molecular weight excluding hydrogens is 266 g/mol. The summed E-state index contributed by atoms with van der Waals surface area (Å²) in [5, 5.41) is 7.21. The molecule has 2 atom stereocenters. The molecule has 0 unspecified atom stereocenters. The fourth-order valence-electron chi connectivity index (χ4n) is 2.88. The Morgan fingerprint density at radius 1 is 1.33 bits per heavy atom. The van der Waals surface area contributed by atoms with Crippen molar-refractivity contribution in [3.63, 3.8) is 0 Å². The second-order valence-electron chi connectivity index (χ2n) is 5.61. The van der Waals surface area contributed by atoms with Gasteiger partial charge in [0, 0.05) is 29.7 Å². The summed E-state index contributed by atoms with van der Waals surface area (Å²) in [7, 11) is 0. The summed E-state index contributed by atoms with van der Waals surface area (Å²) >= 11 is 0. The first-order chi connectivity index (χ1) is 10.1. The molecule has 0 bridgehead atoms. The number of fused-ring (bicyclic) bond motifs is 1. The standard InChI is InChI=1S/C16H19N3O2/c1-10(20)15-7-12(9-18-15)19-16(21)6-11-8-17-14-5-3-2-4-13(11)14/h2-5,8,12,15,17-18H,6-7,9H2,1H3,(H,19,21)/t12-,15-/m1/s1. The van der Waals surface area contributed by atoms with Crippen LogP contribution >= 0.6 is 0 Å². The predicted octanol–water partition coefficient (Wildman–Crippen LogP) is 1.15. The number of hydrogen-bond donors (Lipinski definition) is 3. The van der Waals surface area contributed by atoms with Crippen molar-refractivity contribution in [2.75, 3.05) is 6.54 Å². The lowest BCUT2D eigenvalue weighted by Gasteiger charge is -2.11. The third-order valence-corrected chi connectivity index (χ3v) is 4.01. The van der Waals surface area contributed by atoms with Gasteiger partial charge in [-0.25, -0.2) is 0 Å². The first kappa shape index (κ1) is 13.8. The first-order valence-corrected chi connectivity index (χ1v) is 7.21. The maximum atomic E-state index is 12.1. The number of para-hydroxylation sites is 1. The maximum absolute atomic E-state index is 12.1. The van der Waals surface area contributed by atoms with Gasteiger partial charge in [-0.05, 0) is 25.0 Å². The van der Waals surface area contributed by atoms with E-state index in [4.69, 9.17) is 0 Å². The number of ketones is 1. The van der Waals surface area contributed by atoms with E-state index in [1.807, 2.05) is 30.5 Å². The Hall–Kier alpha value is -2.14. The van der Waals surface area contributed by atoms with Crippen LogP contribution in [0.25, 0.3) is 10.9 Å². The van der Waals surface area contributed by atoms with E-state index in [1.54, 1.807) is 6.92 Å². The molecule has 0 radical (unpaired) electrons. The van der Waals surface area contributed by atoms with E-state index in [0.29, 0.717) is 19.4 Å². The molecule has 0 aliphatic carbocycles. The molecule has 2 heterocycles. The lowest BCUT2D eigenvalue weighted by molar-refractivity contribution is -0.121. The number of aromatic amines is 1. The molecule has 0 spiro atoms. The SMILES string of the molecule is CC(=O)[C@H]1C[C@@H](NC(=O)Cc2c[nH]c3ccccc23)CN1. The molecule has 3 N–H and O–H groups in total. The van der Waals surface area contributed by atoms with E-state index in [0.717, 1.165) is 16.5 Å². The van der Waals surface area contributed by atoms with Crippen LogP contribution in [-0.2, 0) is 16.0 Å². The minimum absolute atomic E-state index is 0.00393. The van der Waals surface area contributed by atoms with Crippen molar-refractivity contribution in [3.8, 4) is 0 Å². The van der Waals surface area contributed by atoms with Crippen molar-refractivity contribution in [2.24, 2.45) is 0 Å². The van der Waals surface area contributed by atoms with E-state index >= 15 is 0 Å². The molecule has 1 aromatic carbocycles. The second kappa shape index (κ2) is 5.69. The average molecular weight is 285 g/mol. The molecule has 1 aromatic heterocycles. The highest BCUT2D eigenvalue weighted by Crippen LogP contribution is 2.18. The number of hydrogen-bond acceptors (Lipinski definition) is 3. The summed E-state index contributed by atoms with van der Waals surface area (Å²) in [5.74, 6) is 0.124. The third-order valence-electron chi connectivity index (χ3n) is 4.01. The summed E-state index contributed by atoms with van der Waals surface area (Å²) < 4.78 is 0. The predicted molar refractivity (Wildman–Crippen MR) is 81.0 cm³/mol.